The van der Waals surface area contributed by atoms with Gasteiger partial charge in [-0.3, -0.25) is 4.79 Å². The number of aromatic hydroxyl groups is 1. The molecular weight excluding hydrogens is 458 g/mol. The van der Waals surface area contributed by atoms with Gasteiger partial charge < -0.3 is 19.3 Å². The molecule has 0 aliphatic rings. The van der Waals surface area contributed by atoms with E-state index in [1.807, 2.05) is 60.7 Å². The summed E-state index contributed by atoms with van der Waals surface area (Å²) in [6.07, 6.45) is 0.640. The smallest absolute Gasteiger partial charge is 0.433 e. The molecule has 0 aliphatic carbocycles. The number of hydrogen-bond donors (Lipinski definition) is 1. The van der Waals surface area contributed by atoms with Crippen molar-refractivity contribution in [2.75, 3.05) is 0 Å². The Balaban J connectivity index is 1.74. The van der Waals surface area contributed by atoms with E-state index in [1.54, 1.807) is 32.9 Å². The Morgan fingerprint density at radius 1 is 0.889 bits per heavy atom. The number of carbonyl (C=O) groups is 2. The number of hydrogen-bond acceptors (Lipinski definition) is 6. The Bertz CT molecular complexity index is 1170. The first-order valence-electron chi connectivity index (χ1n) is 11.7. The van der Waals surface area contributed by atoms with Gasteiger partial charge in [0.2, 0.25) is 0 Å². The lowest BCUT2D eigenvalue weighted by Crippen LogP contribution is -2.24. The van der Waals surface area contributed by atoms with E-state index in [4.69, 9.17) is 14.2 Å². The highest BCUT2D eigenvalue weighted by Crippen LogP contribution is 2.29. The zero-order chi connectivity index (χ0) is 26.0. The van der Waals surface area contributed by atoms with Crippen molar-refractivity contribution in [1.82, 2.24) is 0 Å². The Morgan fingerprint density at radius 3 is 2.11 bits per heavy atom. The van der Waals surface area contributed by atoms with Gasteiger partial charge in [-0.2, -0.15) is 4.99 Å². The van der Waals surface area contributed by atoms with Gasteiger partial charge in [0, 0.05) is 6.21 Å². The summed E-state index contributed by atoms with van der Waals surface area (Å²) in [6, 6.07) is 23.7. The Morgan fingerprint density at radius 2 is 1.50 bits per heavy atom. The lowest BCUT2D eigenvalue weighted by Gasteiger charge is -2.17. The molecule has 3 rings (SSSR count). The van der Waals surface area contributed by atoms with Crippen molar-refractivity contribution in [2.24, 2.45) is 10.9 Å². The van der Waals surface area contributed by atoms with Crippen LogP contribution in [0.2, 0.25) is 0 Å². The van der Waals surface area contributed by atoms with Crippen LogP contribution < -0.4 is 4.74 Å². The molecule has 3 aromatic rings. The second-order valence-corrected chi connectivity index (χ2v) is 9.24. The third kappa shape index (κ3) is 8.91. The number of aliphatic imine (C=N–C) groups is 1. The number of rotatable bonds is 9. The Hall–Kier alpha value is -4.13. The molecule has 7 heteroatoms. The SMILES string of the molecule is CC(C)(C)OC(=O)N=CC(Cc1ccc(O)c(OCc2ccccc2)c1)C(=O)OCc1ccccc1. The van der Waals surface area contributed by atoms with Crippen LogP contribution in [0, 0.1) is 5.92 Å². The maximum Gasteiger partial charge on any atom is 0.433 e. The molecule has 0 spiro atoms. The molecule has 0 aliphatic heterocycles. The lowest BCUT2D eigenvalue weighted by atomic mass is 10.00. The van der Waals surface area contributed by atoms with Crippen LogP contribution in [0.1, 0.15) is 37.5 Å². The van der Waals surface area contributed by atoms with Crippen LogP contribution in [0.5, 0.6) is 11.5 Å². The Labute approximate surface area is 211 Å². The standard InChI is InChI=1S/C29H31NO6/c1-29(2,3)36-28(33)30-18-24(27(32)35-20-22-12-8-5-9-13-22)16-23-14-15-25(31)26(17-23)34-19-21-10-6-4-7-11-21/h4-15,17-18,24,31H,16,19-20H2,1-3H3. The first-order chi connectivity index (χ1) is 17.2. The van der Waals surface area contributed by atoms with E-state index in [-0.39, 0.29) is 31.1 Å². The van der Waals surface area contributed by atoms with Crippen molar-refractivity contribution in [3.63, 3.8) is 0 Å². The number of esters is 1. The van der Waals surface area contributed by atoms with Gasteiger partial charge in [-0.15, -0.1) is 0 Å². The van der Waals surface area contributed by atoms with E-state index < -0.39 is 23.6 Å². The summed E-state index contributed by atoms with van der Waals surface area (Å²) in [5.74, 6) is -1.11. The summed E-state index contributed by atoms with van der Waals surface area (Å²) in [6.45, 7) is 5.58. The highest BCUT2D eigenvalue weighted by Gasteiger charge is 2.22. The molecule has 0 heterocycles. The summed E-state index contributed by atoms with van der Waals surface area (Å²) in [5, 5.41) is 10.2. The summed E-state index contributed by atoms with van der Waals surface area (Å²) >= 11 is 0. The lowest BCUT2D eigenvalue weighted by molar-refractivity contribution is -0.147. The van der Waals surface area contributed by atoms with Crippen molar-refractivity contribution in [3.8, 4) is 11.5 Å². The van der Waals surface area contributed by atoms with E-state index in [2.05, 4.69) is 4.99 Å². The van der Waals surface area contributed by atoms with E-state index in [0.717, 1.165) is 11.1 Å². The number of benzene rings is 3. The van der Waals surface area contributed by atoms with Gasteiger partial charge in [0.25, 0.3) is 0 Å². The van der Waals surface area contributed by atoms with Crippen LogP contribution in [0.3, 0.4) is 0 Å². The maximum absolute atomic E-state index is 12.9. The molecule has 0 radical (unpaired) electrons. The predicted molar refractivity (Wildman–Crippen MR) is 137 cm³/mol. The van der Waals surface area contributed by atoms with Crippen molar-refractivity contribution >= 4 is 18.3 Å². The predicted octanol–water partition coefficient (Wildman–Crippen LogP) is 5.88. The Kier molecular flexibility index (Phi) is 9.22. The average molecular weight is 490 g/mol. The molecule has 0 saturated heterocycles. The van der Waals surface area contributed by atoms with Gasteiger partial charge in [0.05, 0.1) is 5.92 Å². The second-order valence-electron chi connectivity index (χ2n) is 9.24. The minimum absolute atomic E-state index is 0.0136. The first-order valence-corrected chi connectivity index (χ1v) is 11.7. The molecule has 7 nitrogen and oxygen atoms in total. The van der Waals surface area contributed by atoms with E-state index in [0.29, 0.717) is 5.56 Å². The van der Waals surface area contributed by atoms with Crippen LogP contribution in [0.15, 0.2) is 83.9 Å². The molecule has 1 atom stereocenters. The van der Waals surface area contributed by atoms with E-state index in [1.165, 1.54) is 12.3 Å². The number of nitrogens with zero attached hydrogens (tertiary/aromatic N) is 1. The van der Waals surface area contributed by atoms with Crippen molar-refractivity contribution in [1.29, 1.82) is 0 Å². The fourth-order valence-electron chi connectivity index (χ4n) is 3.26. The fraction of sp³-hybridized carbons (Fsp3) is 0.276. The minimum atomic E-state index is -0.854. The number of carbonyl (C=O) groups excluding carboxylic acids is 2. The molecule has 1 unspecified atom stereocenters. The summed E-state index contributed by atoms with van der Waals surface area (Å²) in [4.78, 5) is 28.9. The van der Waals surface area contributed by atoms with Gasteiger partial charge in [0.1, 0.15) is 18.8 Å². The van der Waals surface area contributed by atoms with Crippen LogP contribution >= 0.6 is 0 Å². The summed E-state index contributed by atoms with van der Waals surface area (Å²) < 4.78 is 16.5. The van der Waals surface area contributed by atoms with Gasteiger partial charge in [-0.05, 0) is 56.0 Å². The van der Waals surface area contributed by atoms with E-state index >= 15 is 0 Å². The molecule has 188 valence electrons. The quantitative estimate of drug-likeness (QED) is 0.298. The average Bonchev–Trinajstić information content (AvgIpc) is 2.85. The summed E-state index contributed by atoms with van der Waals surface area (Å²) in [5.41, 5.74) is 1.79. The molecule has 1 N–H and O–H groups in total. The number of phenolic OH excluding ortho intramolecular Hbond substituents is 1. The van der Waals surface area contributed by atoms with Gasteiger partial charge in [-0.1, -0.05) is 66.7 Å². The van der Waals surface area contributed by atoms with Crippen molar-refractivity contribution in [2.45, 2.75) is 46.0 Å². The number of amides is 1. The first kappa shape index (κ1) is 26.5. The fourth-order valence-corrected chi connectivity index (χ4v) is 3.26. The van der Waals surface area contributed by atoms with Crippen molar-refractivity contribution < 1.29 is 28.9 Å². The highest BCUT2D eigenvalue weighted by atomic mass is 16.6. The largest absolute Gasteiger partial charge is 0.504 e. The van der Waals surface area contributed by atoms with Gasteiger partial charge in [-0.25, -0.2) is 4.79 Å². The minimum Gasteiger partial charge on any atom is -0.504 e. The van der Waals surface area contributed by atoms with Crippen molar-refractivity contribution in [3.05, 3.63) is 95.6 Å². The summed E-state index contributed by atoms with van der Waals surface area (Å²) in [7, 11) is 0. The third-order valence-electron chi connectivity index (χ3n) is 5.00. The van der Waals surface area contributed by atoms with Gasteiger partial charge >= 0.3 is 12.1 Å². The molecule has 3 aromatic carbocycles. The third-order valence-corrected chi connectivity index (χ3v) is 5.00. The maximum atomic E-state index is 12.9. The second kappa shape index (κ2) is 12.5. The van der Waals surface area contributed by atoms with Crippen LogP contribution in [-0.2, 0) is 33.9 Å². The topological polar surface area (TPSA) is 94.4 Å². The van der Waals surface area contributed by atoms with Crippen LogP contribution in [0.25, 0.3) is 0 Å². The zero-order valence-electron chi connectivity index (χ0n) is 20.7. The molecule has 1 amide bonds. The molecular formula is C29H31NO6. The number of phenols is 1. The molecule has 36 heavy (non-hydrogen) atoms. The molecule has 0 fully saturated rings. The molecule has 0 saturated carbocycles. The number of ether oxygens (including phenoxy) is 3. The normalized spacial score (nSPS) is 12.2. The van der Waals surface area contributed by atoms with Crippen LogP contribution in [-0.4, -0.2) is 29.0 Å². The molecule has 0 aromatic heterocycles. The highest BCUT2D eigenvalue weighted by molar-refractivity contribution is 5.94. The van der Waals surface area contributed by atoms with E-state index in [9.17, 15) is 14.7 Å². The van der Waals surface area contributed by atoms with Gasteiger partial charge in [0.15, 0.2) is 11.5 Å². The van der Waals surface area contributed by atoms with Crippen LogP contribution in [0.4, 0.5) is 4.79 Å². The molecule has 0 bridgehead atoms. The monoisotopic (exact) mass is 489 g/mol. The zero-order valence-corrected chi connectivity index (χ0v) is 20.7.